The molecule has 0 bridgehead atoms. The van der Waals surface area contributed by atoms with Gasteiger partial charge in [-0.2, -0.15) is 20.7 Å². The zero-order chi connectivity index (χ0) is 42.5. The van der Waals surface area contributed by atoms with Gasteiger partial charge in [0.2, 0.25) is 0 Å². The number of aromatic nitrogens is 4. The molecule has 4 aromatic carbocycles. The highest BCUT2D eigenvalue weighted by Crippen LogP contribution is 2.34. The van der Waals surface area contributed by atoms with Crippen LogP contribution in [0.15, 0.2) is 72.8 Å². The molecule has 0 atom stereocenters. The van der Waals surface area contributed by atoms with Crippen molar-refractivity contribution in [1.82, 2.24) is 30.6 Å². The number of carbonyl (C=O) groups excluding carboxylic acids is 1. The molecule has 0 unspecified atom stereocenters. The third kappa shape index (κ3) is 10.5. The minimum atomic E-state index is -0.937. The average Bonchev–Trinajstić information content (AvgIpc) is 3.69. The molecule has 61 heavy (non-hydrogen) atoms. The summed E-state index contributed by atoms with van der Waals surface area (Å²) in [5.74, 6) is 0.0722. The second-order valence-corrected chi connectivity index (χ2v) is 15.8. The number of H-pyrrole nitrogens is 2. The zero-order valence-electron chi connectivity index (χ0n) is 34.1. The van der Waals surface area contributed by atoms with Gasteiger partial charge in [0.15, 0.2) is 0 Å². The van der Waals surface area contributed by atoms with Gasteiger partial charge in [-0.05, 0) is 111 Å². The van der Waals surface area contributed by atoms with Crippen LogP contribution in [0.25, 0.3) is 22.5 Å². The Bertz CT molecular complexity index is 2610. The Labute approximate surface area is 373 Å². The number of likely N-dealkylation sites (tertiary alicyclic amines) is 1. The number of carbonyl (C=O) groups is 2. The highest BCUT2D eigenvalue weighted by molar-refractivity contribution is 6.30. The smallest absolute Gasteiger partial charge is 0.335 e. The molecular weight excluding hydrogens is 831 g/mol. The number of hydrogen-bond donors (Lipinski definition) is 4. The predicted molar refractivity (Wildman–Crippen MR) is 244 cm³/mol. The average molecular weight is 880 g/mol. The molecular formula is C47H49Cl3N8O3. The van der Waals surface area contributed by atoms with E-state index in [0.717, 1.165) is 74.4 Å². The zero-order valence-corrected chi connectivity index (χ0v) is 36.4. The van der Waals surface area contributed by atoms with Gasteiger partial charge in [-0.15, -0.1) is 12.4 Å². The Kier molecular flexibility index (Phi) is 16.1. The van der Waals surface area contributed by atoms with Gasteiger partial charge in [-0.1, -0.05) is 67.0 Å². The summed E-state index contributed by atoms with van der Waals surface area (Å²) in [6, 6.07) is 27.2. The number of aryl methyl sites for hydroxylation is 4. The van der Waals surface area contributed by atoms with Gasteiger partial charge in [0, 0.05) is 65.8 Å². The number of benzene rings is 4. The van der Waals surface area contributed by atoms with E-state index in [1.165, 1.54) is 5.56 Å². The molecule has 0 aliphatic carbocycles. The quantitative estimate of drug-likeness (QED) is 0.128. The molecule has 6 aromatic rings. The molecule has 2 aliphatic rings. The summed E-state index contributed by atoms with van der Waals surface area (Å²) in [5, 5.41) is 44.8. The van der Waals surface area contributed by atoms with Crippen LogP contribution in [0.4, 0.5) is 0 Å². The third-order valence-corrected chi connectivity index (χ3v) is 11.7. The maximum atomic E-state index is 13.1. The highest BCUT2D eigenvalue weighted by atomic mass is 35.5. The fourth-order valence-corrected chi connectivity index (χ4v) is 7.43. The maximum absolute atomic E-state index is 13.1. The lowest BCUT2D eigenvalue weighted by Crippen LogP contribution is -2.48. The van der Waals surface area contributed by atoms with E-state index < -0.39 is 5.97 Å². The van der Waals surface area contributed by atoms with Crippen LogP contribution >= 0.6 is 35.6 Å². The van der Waals surface area contributed by atoms with Crippen LogP contribution in [0.3, 0.4) is 0 Å². The van der Waals surface area contributed by atoms with E-state index in [4.69, 9.17) is 38.8 Å². The molecule has 8 rings (SSSR count). The van der Waals surface area contributed by atoms with Crippen LogP contribution in [0, 0.1) is 64.2 Å². The predicted octanol–water partition coefficient (Wildman–Crippen LogP) is 10.4. The van der Waals surface area contributed by atoms with Gasteiger partial charge >= 0.3 is 5.97 Å². The fourth-order valence-electron chi connectivity index (χ4n) is 7.16. The molecule has 2 aliphatic heterocycles. The summed E-state index contributed by atoms with van der Waals surface area (Å²) in [7, 11) is 0. The van der Waals surface area contributed by atoms with E-state index in [1.54, 1.807) is 13.0 Å². The normalized spacial score (nSPS) is 13.0. The number of aromatic carboxylic acids is 1. The first-order valence-electron chi connectivity index (χ1n) is 19.1. The molecule has 2 fully saturated rings. The van der Waals surface area contributed by atoms with Crippen molar-refractivity contribution in [3.8, 4) is 34.7 Å². The Balaban J connectivity index is 0.000000219. The largest absolute Gasteiger partial charge is 0.478 e. The van der Waals surface area contributed by atoms with Crippen molar-refractivity contribution < 1.29 is 14.7 Å². The number of amides is 1. The van der Waals surface area contributed by atoms with Crippen molar-refractivity contribution in [1.29, 1.82) is 10.5 Å². The number of nitrogens with zero attached hydrogens (tertiary/aromatic N) is 5. The number of nitriles is 2. The summed E-state index contributed by atoms with van der Waals surface area (Å²) in [4.78, 5) is 26.2. The van der Waals surface area contributed by atoms with E-state index >= 15 is 0 Å². The van der Waals surface area contributed by atoms with Crippen LogP contribution in [-0.4, -0.2) is 68.5 Å². The molecule has 2 aromatic heterocycles. The fraction of sp³-hybridized carbons (Fsp3) is 0.277. The van der Waals surface area contributed by atoms with Crippen molar-refractivity contribution in [2.24, 2.45) is 0 Å². The molecule has 0 spiro atoms. The molecule has 4 heterocycles. The summed E-state index contributed by atoms with van der Waals surface area (Å²) in [6.07, 6.45) is 0. The number of aromatic amines is 2. The lowest BCUT2D eigenvalue weighted by atomic mass is 9.89. The summed E-state index contributed by atoms with van der Waals surface area (Å²) < 4.78 is 0. The van der Waals surface area contributed by atoms with Crippen molar-refractivity contribution in [2.75, 3.05) is 26.2 Å². The Morgan fingerprint density at radius 2 is 1.08 bits per heavy atom. The Hall–Kier alpha value is -5.95. The SMILES string of the molecule is C.Cc1cc(C)c(-c2n[nH]c(Cl)c2C)cc1C(=O)N1CC(c2ccc(C#N)cc2)C1.Cc1cc(C)c(-c2n[nH]c(Cl)c2C)cc1C(=O)O.Cl.N#Cc1ccc(C2CNC2)cc1. The lowest BCUT2D eigenvalue weighted by Gasteiger charge is -2.40. The third-order valence-electron chi connectivity index (χ3n) is 11.0. The summed E-state index contributed by atoms with van der Waals surface area (Å²) in [5.41, 5.74) is 13.5. The second kappa shape index (κ2) is 20.5. The molecule has 1 amide bonds. The number of carboxylic acids is 1. The molecule has 2 saturated heterocycles. The van der Waals surface area contributed by atoms with E-state index in [9.17, 15) is 9.59 Å². The van der Waals surface area contributed by atoms with Gasteiger partial charge < -0.3 is 15.3 Å². The maximum Gasteiger partial charge on any atom is 0.335 e. The van der Waals surface area contributed by atoms with Crippen molar-refractivity contribution >= 4 is 47.5 Å². The standard InChI is InChI=1S/C23H21ClN4O.C13H13ClN2O2.C10H10N2.CH4.ClH/c1-13-8-14(2)20(9-19(13)21-15(3)22(24)27-26-21)23(29)28-11-18(12-28)17-6-4-16(10-25)5-7-17;1-6-4-7(2)10(13(17)18)5-9(6)11-8(3)12(14)16-15-11;11-5-8-1-3-9(4-2-8)10-6-12-7-10;;/h4-9,18H,11-12H2,1-3H3,(H,26,27);4-5H,1-3H3,(H,15,16)(H,17,18);1-4,10,12H,6-7H2;1H4;1H. The van der Waals surface area contributed by atoms with E-state index in [0.29, 0.717) is 52.1 Å². The van der Waals surface area contributed by atoms with Crippen molar-refractivity contribution in [3.05, 3.63) is 150 Å². The molecule has 4 N–H and O–H groups in total. The monoisotopic (exact) mass is 878 g/mol. The minimum absolute atomic E-state index is 0. The highest BCUT2D eigenvalue weighted by Gasteiger charge is 2.33. The second-order valence-electron chi connectivity index (χ2n) is 15.0. The van der Waals surface area contributed by atoms with Crippen LogP contribution in [0.5, 0.6) is 0 Å². The molecule has 14 heteroatoms. The van der Waals surface area contributed by atoms with Gasteiger partial charge in [-0.25, -0.2) is 4.79 Å². The van der Waals surface area contributed by atoms with Gasteiger partial charge in [-0.3, -0.25) is 15.0 Å². The van der Waals surface area contributed by atoms with Crippen LogP contribution in [0.2, 0.25) is 10.3 Å². The van der Waals surface area contributed by atoms with Crippen LogP contribution in [0.1, 0.15) is 95.6 Å². The van der Waals surface area contributed by atoms with Gasteiger partial charge in [0.25, 0.3) is 5.91 Å². The lowest BCUT2D eigenvalue weighted by molar-refractivity contribution is 0.0601. The van der Waals surface area contributed by atoms with Gasteiger partial charge in [0.1, 0.15) is 10.3 Å². The first kappa shape index (κ1) is 47.7. The van der Waals surface area contributed by atoms with Crippen LogP contribution in [-0.2, 0) is 0 Å². The number of rotatable bonds is 6. The number of carboxylic acid groups (broad SMARTS) is 1. The first-order valence-corrected chi connectivity index (χ1v) is 19.8. The van der Waals surface area contributed by atoms with E-state index in [-0.39, 0.29) is 31.3 Å². The summed E-state index contributed by atoms with van der Waals surface area (Å²) in [6.45, 7) is 15.0. The van der Waals surface area contributed by atoms with Gasteiger partial charge in [0.05, 0.1) is 40.2 Å². The Morgan fingerprint density at radius 1 is 0.672 bits per heavy atom. The molecule has 316 valence electrons. The number of nitrogens with one attached hydrogen (secondary N) is 3. The Morgan fingerprint density at radius 3 is 1.44 bits per heavy atom. The van der Waals surface area contributed by atoms with Crippen molar-refractivity contribution in [2.45, 2.75) is 60.8 Å². The molecule has 11 nitrogen and oxygen atoms in total. The first-order chi connectivity index (χ1) is 28.2. The van der Waals surface area contributed by atoms with Crippen molar-refractivity contribution in [3.63, 3.8) is 0 Å². The number of hydrogen-bond acceptors (Lipinski definition) is 7. The molecule has 0 radical (unpaired) electrons. The summed E-state index contributed by atoms with van der Waals surface area (Å²) >= 11 is 12.1. The van der Waals surface area contributed by atoms with E-state index in [1.807, 2.05) is 106 Å². The number of halogens is 3. The van der Waals surface area contributed by atoms with E-state index in [2.05, 4.69) is 37.8 Å². The topological polar surface area (TPSA) is 175 Å². The van der Waals surface area contributed by atoms with Crippen LogP contribution < -0.4 is 5.32 Å². The molecule has 0 saturated carbocycles. The minimum Gasteiger partial charge on any atom is -0.478 e.